The Bertz CT molecular complexity index is 631. The predicted octanol–water partition coefficient (Wildman–Crippen LogP) is 3.13. The molecule has 1 saturated heterocycles. The third kappa shape index (κ3) is 2.80. The summed E-state index contributed by atoms with van der Waals surface area (Å²) in [6.07, 6.45) is 13.1. The molecule has 1 aliphatic heterocycles. The lowest BCUT2D eigenvalue weighted by atomic mass is 9.49. The van der Waals surface area contributed by atoms with E-state index in [1.165, 1.54) is 38.5 Å². The highest BCUT2D eigenvalue weighted by atomic mass is 16.2. The highest BCUT2D eigenvalue weighted by Crippen LogP contribution is 2.61. The molecule has 25 heavy (non-hydrogen) atoms. The van der Waals surface area contributed by atoms with Gasteiger partial charge >= 0.3 is 0 Å². The number of likely N-dealkylation sites (tertiary alicyclic amines) is 1. The number of aryl methyl sites for hydroxylation is 1. The molecule has 0 N–H and O–H groups in total. The van der Waals surface area contributed by atoms with Gasteiger partial charge in [0.1, 0.15) is 12.2 Å². The average Bonchev–Trinajstić information content (AvgIpc) is 2.99. The minimum Gasteiger partial charge on any atom is -0.342 e. The Hall–Kier alpha value is -1.39. The maximum Gasteiger partial charge on any atom is 0.223 e. The van der Waals surface area contributed by atoms with E-state index in [1.54, 1.807) is 6.33 Å². The summed E-state index contributed by atoms with van der Waals surface area (Å²) in [5, 5.41) is 8.31. The second-order valence-electron chi connectivity index (χ2n) is 9.57. The quantitative estimate of drug-likeness (QED) is 0.848. The van der Waals surface area contributed by atoms with Crippen LogP contribution in [0.25, 0.3) is 0 Å². The lowest BCUT2D eigenvalue weighted by Crippen LogP contribution is -2.49. The number of amides is 1. The van der Waals surface area contributed by atoms with Crippen LogP contribution in [-0.2, 0) is 11.8 Å². The lowest BCUT2D eigenvalue weighted by molar-refractivity contribution is -0.140. The fraction of sp³-hybridized carbons (Fsp3) is 0.850. The molecule has 4 bridgehead atoms. The van der Waals surface area contributed by atoms with Crippen molar-refractivity contribution in [1.82, 2.24) is 19.7 Å². The van der Waals surface area contributed by atoms with Crippen molar-refractivity contribution >= 4 is 5.91 Å². The van der Waals surface area contributed by atoms with Crippen LogP contribution < -0.4 is 0 Å². The maximum atomic E-state index is 13.2. The van der Waals surface area contributed by atoms with E-state index in [2.05, 4.69) is 15.1 Å². The molecule has 1 unspecified atom stereocenters. The molecule has 0 aromatic carbocycles. The summed E-state index contributed by atoms with van der Waals surface area (Å²) in [6, 6.07) is 0. The van der Waals surface area contributed by atoms with E-state index in [-0.39, 0.29) is 0 Å². The molecule has 1 aromatic heterocycles. The standard InChI is InChI=1S/C20H30N4O/c1-23-13-21-22-19(23)17-3-2-4-24(12-17)18(25)11-20-8-14-5-15(9-20)7-16(6-14)10-20/h13-17H,2-12H2,1H3. The van der Waals surface area contributed by atoms with Crippen LogP contribution in [0.1, 0.15) is 69.5 Å². The van der Waals surface area contributed by atoms with Gasteiger partial charge in [0, 0.05) is 32.5 Å². The van der Waals surface area contributed by atoms with Crippen molar-refractivity contribution in [3.05, 3.63) is 12.2 Å². The van der Waals surface area contributed by atoms with Gasteiger partial charge in [-0.1, -0.05) is 0 Å². The number of hydrogen-bond acceptors (Lipinski definition) is 3. The molecule has 1 amide bonds. The molecule has 0 radical (unpaired) electrons. The highest BCUT2D eigenvalue weighted by Gasteiger charge is 2.51. The molecule has 2 heterocycles. The SMILES string of the molecule is Cn1cnnc1C1CCCN(C(=O)CC23CC4CC(CC(C4)C2)C3)C1. The third-order valence-corrected chi connectivity index (χ3v) is 7.58. The molecule has 6 rings (SSSR count). The molecular formula is C20H30N4O. The van der Waals surface area contributed by atoms with Crippen LogP contribution in [-0.4, -0.2) is 38.7 Å². The van der Waals surface area contributed by atoms with Crippen molar-refractivity contribution in [3.8, 4) is 0 Å². The number of hydrogen-bond donors (Lipinski definition) is 0. The maximum absolute atomic E-state index is 13.2. The molecule has 0 spiro atoms. The summed E-state index contributed by atoms with van der Waals surface area (Å²) in [5.41, 5.74) is 0.351. The van der Waals surface area contributed by atoms with Crippen LogP contribution in [0.4, 0.5) is 0 Å². The first-order chi connectivity index (χ1) is 12.1. The molecule has 1 atom stereocenters. The number of rotatable bonds is 3. The van der Waals surface area contributed by atoms with E-state index in [0.29, 0.717) is 17.2 Å². The fourth-order valence-electron chi connectivity index (χ4n) is 7.02. The van der Waals surface area contributed by atoms with Crippen molar-refractivity contribution < 1.29 is 4.79 Å². The first-order valence-corrected chi connectivity index (χ1v) is 10.2. The smallest absolute Gasteiger partial charge is 0.223 e. The van der Waals surface area contributed by atoms with Crippen molar-refractivity contribution in [2.24, 2.45) is 30.2 Å². The Labute approximate surface area is 150 Å². The van der Waals surface area contributed by atoms with Crippen LogP contribution in [0.5, 0.6) is 0 Å². The predicted molar refractivity (Wildman–Crippen MR) is 94.8 cm³/mol. The van der Waals surface area contributed by atoms with Gasteiger partial charge in [-0.15, -0.1) is 10.2 Å². The van der Waals surface area contributed by atoms with Gasteiger partial charge < -0.3 is 9.47 Å². The largest absolute Gasteiger partial charge is 0.342 e. The molecule has 4 saturated carbocycles. The van der Waals surface area contributed by atoms with Crippen molar-refractivity contribution in [3.63, 3.8) is 0 Å². The molecule has 5 fully saturated rings. The Kier molecular flexibility index (Phi) is 3.68. The lowest BCUT2D eigenvalue weighted by Gasteiger charge is -2.57. The van der Waals surface area contributed by atoms with Gasteiger partial charge in [0.25, 0.3) is 0 Å². The second kappa shape index (κ2) is 5.82. The highest BCUT2D eigenvalue weighted by molar-refractivity contribution is 5.77. The molecule has 4 aliphatic carbocycles. The van der Waals surface area contributed by atoms with E-state index >= 15 is 0 Å². The minimum atomic E-state index is 0.349. The Balaban J connectivity index is 1.27. The Morgan fingerprint density at radius 1 is 1.20 bits per heavy atom. The van der Waals surface area contributed by atoms with Crippen LogP contribution >= 0.6 is 0 Å². The number of nitrogens with zero attached hydrogens (tertiary/aromatic N) is 4. The zero-order chi connectivity index (χ0) is 17.0. The van der Waals surface area contributed by atoms with Crippen LogP contribution in [0.3, 0.4) is 0 Å². The molecular weight excluding hydrogens is 312 g/mol. The van der Waals surface area contributed by atoms with Crippen LogP contribution in [0.15, 0.2) is 6.33 Å². The Morgan fingerprint density at radius 2 is 1.88 bits per heavy atom. The zero-order valence-corrected chi connectivity index (χ0v) is 15.4. The molecule has 5 aliphatic rings. The van der Waals surface area contributed by atoms with E-state index in [9.17, 15) is 4.79 Å². The van der Waals surface area contributed by atoms with Crippen molar-refractivity contribution in [1.29, 1.82) is 0 Å². The fourth-order valence-corrected chi connectivity index (χ4v) is 7.02. The average molecular weight is 342 g/mol. The second-order valence-corrected chi connectivity index (χ2v) is 9.57. The zero-order valence-electron chi connectivity index (χ0n) is 15.4. The molecule has 1 aromatic rings. The van der Waals surface area contributed by atoms with E-state index < -0.39 is 0 Å². The summed E-state index contributed by atoms with van der Waals surface area (Å²) in [6.45, 7) is 1.76. The number of aromatic nitrogens is 3. The van der Waals surface area contributed by atoms with Gasteiger partial charge in [-0.05, 0) is 74.5 Å². The normalized spacial score (nSPS) is 39.8. The van der Waals surface area contributed by atoms with Crippen LogP contribution in [0.2, 0.25) is 0 Å². The van der Waals surface area contributed by atoms with E-state index in [4.69, 9.17) is 0 Å². The van der Waals surface area contributed by atoms with Gasteiger partial charge in [-0.2, -0.15) is 0 Å². The number of piperidine rings is 1. The first kappa shape index (κ1) is 15.8. The van der Waals surface area contributed by atoms with Crippen molar-refractivity contribution in [2.45, 2.75) is 63.7 Å². The summed E-state index contributed by atoms with van der Waals surface area (Å²) < 4.78 is 2.01. The number of carbonyl (C=O) groups excluding carboxylic acids is 1. The van der Waals surface area contributed by atoms with Crippen LogP contribution in [0, 0.1) is 23.2 Å². The molecule has 5 nitrogen and oxygen atoms in total. The summed E-state index contributed by atoms with van der Waals surface area (Å²) in [7, 11) is 2.01. The topological polar surface area (TPSA) is 51.0 Å². The first-order valence-electron chi connectivity index (χ1n) is 10.2. The van der Waals surface area contributed by atoms with Gasteiger partial charge in [0.05, 0.1) is 0 Å². The molecule has 136 valence electrons. The summed E-state index contributed by atoms with van der Waals surface area (Å²) in [4.78, 5) is 15.3. The van der Waals surface area contributed by atoms with Gasteiger partial charge in [0.2, 0.25) is 5.91 Å². The monoisotopic (exact) mass is 342 g/mol. The molecule has 5 heteroatoms. The van der Waals surface area contributed by atoms with E-state index in [0.717, 1.165) is 55.9 Å². The van der Waals surface area contributed by atoms with Crippen molar-refractivity contribution in [2.75, 3.05) is 13.1 Å². The Morgan fingerprint density at radius 3 is 2.48 bits per heavy atom. The van der Waals surface area contributed by atoms with E-state index in [1.807, 2.05) is 11.6 Å². The third-order valence-electron chi connectivity index (χ3n) is 7.58. The summed E-state index contributed by atoms with van der Waals surface area (Å²) in [5.74, 6) is 4.56. The summed E-state index contributed by atoms with van der Waals surface area (Å²) >= 11 is 0. The van der Waals surface area contributed by atoms with Gasteiger partial charge in [-0.25, -0.2) is 0 Å². The van der Waals surface area contributed by atoms with Gasteiger partial charge in [-0.3, -0.25) is 4.79 Å². The minimum absolute atomic E-state index is 0.349. The number of carbonyl (C=O) groups is 1. The van der Waals surface area contributed by atoms with Gasteiger partial charge in [0.15, 0.2) is 0 Å².